The van der Waals surface area contributed by atoms with E-state index in [0.717, 1.165) is 19.3 Å². The number of hydrogen-bond donors (Lipinski definition) is 0. The predicted octanol–water partition coefficient (Wildman–Crippen LogP) is 3.45. The first-order chi connectivity index (χ1) is 8.18. The van der Waals surface area contributed by atoms with Gasteiger partial charge in [-0.25, -0.2) is 0 Å². The Morgan fingerprint density at radius 1 is 1.65 bits per heavy atom. The van der Waals surface area contributed by atoms with Crippen molar-refractivity contribution in [1.29, 1.82) is 0 Å². The highest BCUT2D eigenvalue weighted by molar-refractivity contribution is 6.02. The minimum atomic E-state index is -0.615. The largest absolute Gasteiger partial charge is 0.472 e. The topological polar surface area (TPSA) is 39.4 Å². The molecule has 3 nitrogen and oxygen atoms in total. The molecule has 0 radical (unpaired) electrons. The molecule has 17 heavy (non-hydrogen) atoms. The van der Waals surface area contributed by atoms with Crippen molar-refractivity contribution in [1.82, 2.24) is 0 Å². The van der Waals surface area contributed by atoms with E-state index in [1.165, 1.54) is 12.7 Å². The molecular weight excluding hydrogens is 216 g/mol. The first kappa shape index (κ1) is 12.4. The van der Waals surface area contributed by atoms with Crippen LogP contribution in [0.25, 0.3) is 0 Å². The zero-order chi connectivity index (χ0) is 12.3. The average Bonchev–Trinajstić information content (AvgIpc) is 2.81. The fraction of sp³-hybridized carbons (Fsp3) is 0.643. The molecular formula is C14H20O3. The number of Topliss-reactive ketones (excluding diaryl/α,β-unsaturated/α-hetero) is 1. The summed E-state index contributed by atoms with van der Waals surface area (Å²) in [5, 5.41) is 0. The van der Waals surface area contributed by atoms with E-state index >= 15 is 0 Å². The molecule has 1 fully saturated rings. The molecule has 1 aromatic heterocycles. The van der Waals surface area contributed by atoms with E-state index < -0.39 is 5.60 Å². The van der Waals surface area contributed by atoms with Crippen LogP contribution in [-0.4, -0.2) is 18.0 Å². The van der Waals surface area contributed by atoms with Crippen molar-refractivity contribution in [2.24, 2.45) is 5.92 Å². The summed E-state index contributed by atoms with van der Waals surface area (Å²) in [6.45, 7) is 4.72. The van der Waals surface area contributed by atoms with Crippen LogP contribution >= 0.6 is 0 Å². The monoisotopic (exact) mass is 236 g/mol. The molecule has 0 N–H and O–H groups in total. The van der Waals surface area contributed by atoms with E-state index in [0.29, 0.717) is 18.1 Å². The molecule has 0 bridgehead atoms. The first-order valence-electron chi connectivity index (χ1n) is 6.39. The van der Waals surface area contributed by atoms with Crippen molar-refractivity contribution in [3.63, 3.8) is 0 Å². The van der Waals surface area contributed by atoms with Gasteiger partial charge in [0.1, 0.15) is 11.9 Å². The lowest BCUT2D eigenvalue weighted by Crippen LogP contribution is -2.45. The van der Waals surface area contributed by atoms with Crippen LogP contribution in [-0.2, 0) is 4.74 Å². The average molecular weight is 236 g/mol. The fourth-order valence-electron chi connectivity index (χ4n) is 2.84. The van der Waals surface area contributed by atoms with Crippen molar-refractivity contribution < 1.29 is 13.9 Å². The highest BCUT2D eigenvalue weighted by Crippen LogP contribution is 2.37. The minimum Gasteiger partial charge on any atom is -0.472 e. The Morgan fingerprint density at radius 2 is 2.47 bits per heavy atom. The second-order valence-electron chi connectivity index (χ2n) is 4.97. The summed E-state index contributed by atoms with van der Waals surface area (Å²) >= 11 is 0. The van der Waals surface area contributed by atoms with Gasteiger partial charge in [0.2, 0.25) is 0 Å². The van der Waals surface area contributed by atoms with Crippen LogP contribution in [0.2, 0.25) is 0 Å². The van der Waals surface area contributed by atoms with Gasteiger partial charge in [-0.2, -0.15) is 0 Å². The standard InChI is InChI=1S/C14H20O3/c1-3-17-14(7-4-5-11(2)9-14)13(15)12-6-8-16-10-12/h6,8,10-11H,3-5,7,9H2,1-2H3. The third-order valence-corrected chi connectivity index (χ3v) is 3.57. The molecule has 1 heterocycles. The van der Waals surface area contributed by atoms with Crippen LogP contribution in [0.15, 0.2) is 23.0 Å². The Kier molecular flexibility index (Phi) is 3.67. The van der Waals surface area contributed by atoms with Gasteiger partial charge >= 0.3 is 0 Å². The van der Waals surface area contributed by atoms with Crippen molar-refractivity contribution in [3.8, 4) is 0 Å². The second-order valence-corrected chi connectivity index (χ2v) is 4.97. The summed E-state index contributed by atoms with van der Waals surface area (Å²) in [7, 11) is 0. The summed E-state index contributed by atoms with van der Waals surface area (Å²) in [5.74, 6) is 0.630. The smallest absolute Gasteiger partial charge is 0.197 e. The Morgan fingerprint density at radius 3 is 3.06 bits per heavy atom. The Bertz CT molecular complexity index is 365. The number of carbonyl (C=O) groups is 1. The van der Waals surface area contributed by atoms with Crippen LogP contribution in [0.4, 0.5) is 0 Å². The zero-order valence-corrected chi connectivity index (χ0v) is 10.6. The van der Waals surface area contributed by atoms with E-state index in [1.54, 1.807) is 12.3 Å². The van der Waals surface area contributed by atoms with Gasteiger partial charge in [-0.1, -0.05) is 13.3 Å². The summed E-state index contributed by atoms with van der Waals surface area (Å²) in [5.41, 5.74) is 0.0172. The van der Waals surface area contributed by atoms with E-state index in [1.807, 2.05) is 6.92 Å². The van der Waals surface area contributed by atoms with Gasteiger partial charge < -0.3 is 9.15 Å². The van der Waals surface area contributed by atoms with Crippen molar-refractivity contribution in [2.45, 2.75) is 45.1 Å². The maximum Gasteiger partial charge on any atom is 0.197 e. The third kappa shape index (κ3) is 2.44. The summed E-state index contributed by atoms with van der Waals surface area (Å²) in [6.07, 6.45) is 6.96. The van der Waals surface area contributed by atoms with E-state index in [9.17, 15) is 4.79 Å². The number of rotatable bonds is 4. The Hall–Kier alpha value is -1.09. The van der Waals surface area contributed by atoms with Crippen molar-refractivity contribution >= 4 is 5.78 Å². The van der Waals surface area contributed by atoms with Crippen LogP contribution in [0.5, 0.6) is 0 Å². The number of carbonyl (C=O) groups excluding carboxylic acids is 1. The van der Waals surface area contributed by atoms with Gasteiger partial charge in [-0.3, -0.25) is 4.79 Å². The predicted molar refractivity (Wildman–Crippen MR) is 65.0 cm³/mol. The van der Waals surface area contributed by atoms with Crippen molar-refractivity contribution in [2.75, 3.05) is 6.61 Å². The number of ether oxygens (including phenoxy) is 1. The molecule has 1 aliphatic carbocycles. The molecule has 3 heteroatoms. The van der Waals surface area contributed by atoms with E-state index in [2.05, 4.69) is 6.92 Å². The molecule has 0 aromatic carbocycles. The van der Waals surface area contributed by atoms with Gasteiger partial charge in [-0.05, 0) is 38.2 Å². The molecule has 0 saturated heterocycles. The van der Waals surface area contributed by atoms with Crippen LogP contribution in [0.1, 0.15) is 49.9 Å². The summed E-state index contributed by atoms with van der Waals surface area (Å²) in [6, 6.07) is 1.72. The highest BCUT2D eigenvalue weighted by atomic mass is 16.5. The zero-order valence-electron chi connectivity index (χ0n) is 10.6. The van der Waals surface area contributed by atoms with Gasteiger partial charge in [0.05, 0.1) is 11.8 Å². The SMILES string of the molecule is CCOC1(C(=O)c2ccoc2)CCCC(C)C1. The normalized spacial score (nSPS) is 29.2. The molecule has 1 aliphatic rings. The molecule has 0 spiro atoms. The van der Waals surface area contributed by atoms with Gasteiger partial charge in [0.25, 0.3) is 0 Å². The molecule has 2 atom stereocenters. The van der Waals surface area contributed by atoms with Gasteiger partial charge in [0.15, 0.2) is 5.78 Å². The minimum absolute atomic E-state index is 0.0830. The summed E-state index contributed by atoms with van der Waals surface area (Å²) in [4.78, 5) is 12.5. The molecule has 0 amide bonds. The first-order valence-corrected chi connectivity index (χ1v) is 6.39. The van der Waals surface area contributed by atoms with E-state index in [-0.39, 0.29) is 5.78 Å². The molecule has 1 aromatic rings. The Balaban J connectivity index is 2.24. The maximum atomic E-state index is 12.5. The van der Waals surface area contributed by atoms with E-state index in [4.69, 9.17) is 9.15 Å². The molecule has 2 rings (SSSR count). The second kappa shape index (κ2) is 5.05. The highest BCUT2D eigenvalue weighted by Gasteiger charge is 2.43. The number of hydrogen-bond acceptors (Lipinski definition) is 3. The molecule has 0 aliphatic heterocycles. The van der Waals surface area contributed by atoms with Gasteiger partial charge in [0, 0.05) is 6.61 Å². The lowest BCUT2D eigenvalue weighted by molar-refractivity contribution is -0.0512. The molecule has 1 saturated carbocycles. The van der Waals surface area contributed by atoms with Gasteiger partial charge in [-0.15, -0.1) is 0 Å². The third-order valence-electron chi connectivity index (χ3n) is 3.57. The van der Waals surface area contributed by atoms with Crippen LogP contribution in [0, 0.1) is 5.92 Å². The quantitative estimate of drug-likeness (QED) is 0.752. The lowest BCUT2D eigenvalue weighted by atomic mass is 9.75. The van der Waals surface area contributed by atoms with Crippen LogP contribution < -0.4 is 0 Å². The van der Waals surface area contributed by atoms with Crippen LogP contribution in [0.3, 0.4) is 0 Å². The lowest BCUT2D eigenvalue weighted by Gasteiger charge is -2.38. The van der Waals surface area contributed by atoms with Crippen molar-refractivity contribution in [3.05, 3.63) is 24.2 Å². The fourth-order valence-corrected chi connectivity index (χ4v) is 2.84. The molecule has 94 valence electrons. The number of furan rings is 1. The molecule has 2 unspecified atom stereocenters. The summed E-state index contributed by atoms with van der Waals surface area (Å²) < 4.78 is 10.8. The Labute approximate surface area is 102 Å². The number of ketones is 1. The maximum absolute atomic E-state index is 12.5.